The average Bonchev–Trinajstić information content (AvgIpc) is 2.99. The van der Waals surface area contributed by atoms with Gasteiger partial charge >= 0.3 is 0 Å². The lowest BCUT2D eigenvalue weighted by molar-refractivity contribution is 1.12. The second-order valence-electron chi connectivity index (χ2n) is 5.26. The van der Waals surface area contributed by atoms with Crippen LogP contribution in [-0.4, -0.2) is 19.4 Å². The van der Waals surface area contributed by atoms with Gasteiger partial charge in [-0.3, -0.25) is 14.4 Å². The van der Waals surface area contributed by atoms with Gasteiger partial charge in [-0.15, -0.1) is 0 Å². The Kier molecular flexibility index (Phi) is 2.93. The van der Waals surface area contributed by atoms with Crippen LogP contribution in [0.15, 0.2) is 67.4 Å². The van der Waals surface area contributed by atoms with Crippen molar-refractivity contribution in [2.24, 2.45) is 0 Å². The van der Waals surface area contributed by atoms with Crippen molar-refractivity contribution >= 4 is 5.52 Å². The number of aromatic nitrogens is 4. The van der Waals surface area contributed by atoms with E-state index in [9.17, 15) is 0 Å². The van der Waals surface area contributed by atoms with E-state index < -0.39 is 0 Å². The van der Waals surface area contributed by atoms with Crippen LogP contribution in [0.5, 0.6) is 0 Å². The van der Waals surface area contributed by atoms with Crippen LogP contribution in [0, 0.1) is 6.92 Å². The zero-order valence-electron chi connectivity index (χ0n) is 12.1. The molecule has 0 amide bonds. The highest BCUT2D eigenvalue weighted by molar-refractivity contribution is 5.65. The van der Waals surface area contributed by atoms with Crippen LogP contribution in [0.3, 0.4) is 0 Å². The first kappa shape index (κ1) is 12.7. The predicted octanol–water partition coefficient (Wildman–Crippen LogP) is 3.77. The monoisotopic (exact) mass is 286 g/mol. The zero-order chi connectivity index (χ0) is 14.9. The van der Waals surface area contributed by atoms with Crippen molar-refractivity contribution in [3.63, 3.8) is 0 Å². The molecule has 0 saturated heterocycles. The standard InChI is InChI=1S/C18H14N4/c1-13-4-6-14(7-5-13)18-21-11-16-10-20-17(12-22(16)18)15-3-2-8-19-9-15/h2-12H,1H3. The molecule has 0 aliphatic carbocycles. The van der Waals surface area contributed by atoms with Gasteiger partial charge in [-0.2, -0.15) is 0 Å². The maximum absolute atomic E-state index is 4.54. The summed E-state index contributed by atoms with van der Waals surface area (Å²) in [5, 5.41) is 0. The number of fused-ring (bicyclic) bond motifs is 1. The predicted molar refractivity (Wildman–Crippen MR) is 86.4 cm³/mol. The number of hydrogen-bond acceptors (Lipinski definition) is 3. The van der Waals surface area contributed by atoms with E-state index >= 15 is 0 Å². The average molecular weight is 286 g/mol. The summed E-state index contributed by atoms with van der Waals surface area (Å²) in [5.41, 5.74) is 5.18. The summed E-state index contributed by atoms with van der Waals surface area (Å²) in [7, 11) is 0. The van der Waals surface area contributed by atoms with Crippen molar-refractivity contribution in [3.05, 3.63) is 72.9 Å². The van der Waals surface area contributed by atoms with Gasteiger partial charge in [-0.05, 0) is 19.1 Å². The van der Waals surface area contributed by atoms with Gasteiger partial charge in [0.1, 0.15) is 5.82 Å². The van der Waals surface area contributed by atoms with Gasteiger partial charge in [0.05, 0.1) is 23.6 Å². The molecule has 22 heavy (non-hydrogen) atoms. The van der Waals surface area contributed by atoms with E-state index in [1.165, 1.54) is 5.56 Å². The van der Waals surface area contributed by atoms with E-state index in [0.29, 0.717) is 0 Å². The lowest BCUT2D eigenvalue weighted by atomic mass is 10.1. The summed E-state index contributed by atoms with van der Waals surface area (Å²) in [6.45, 7) is 2.08. The molecule has 0 radical (unpaired) electrons. The first-order valence-electron chi connectivity index (χ1n) is 7.12. The molecule has 0 N–H and O–H groups in total. The first-order valence-corrected chi connectivity index (χ1v) is 7.12. The molecule has 0 aliphatic heterocycles. The van der Waals surface area contributed by atoms with Crippen LogP contribution >= 0.6 is 0 Å². The van der Waals surface area contributed by atoms with Crippen molar-refractivity contribution in [1.82, 2.24) is 19.4 Å². The largest absolute Gasteiger partial charge is 0.296 e. The minimum absolute atomic E-state index is 0.881. The first-order chi connectivity index (χ1) is 10.8. The summed E-state index contributed by atoms with van der Waals surface area (Å²) < 4.78 is 2.07. The highest BCUT2D eigenvalue weighted by Crippen LogP contribution is 2.22. The second kappa shape index (κ2) is 5.07. The van der Waals surface area contributed by atoms with Crippen molar-refractivity contribution in [1.29, 1.82) is 0 Å². The maximum atomic E-state index is 4.54. The van der Waals surface area contributed by atoms with E-state index in [-0.39, 0.29) is 0 Å². The summed E-state index contributed by atoms with van der Waals surface area (Å²) in [6.07, 6.45) is 9.27. The second-order valence-corrected chi connectivity index (χ2v) is 5.26. The van der Waals surface area contributed by atoms with Crippen molar-refractivity contribution in [2.45, 2.75) is 6.92 Å². The lowest BCUT2D eigenvalue weighted by Gasteiger charge is -2.05. The van der Waals surface area contributed by atoms with Crippen LogP contribution in [0.25, 0.3) is 28.2 Å². The molecule has 0 fully saturated rings. The van der Waals surface area contributed by atoms with Crippen LogP contribution in [-0.2, 0) is 0 Å². The Morgan fingerprint density at radius 3 is 2.45 bits per heavy atom. The van der Waals surface area contributed by atoms with Crippen LogP contribution < -0.4 is 0 Å². The van der Waals surface area contributed by atoms with Crippen molar-refractivity contribution in [2.75, 3.05) is 0 Å². The Labute approximate surface area is 128 Å². The number of imidazole rings is 1. The molecule has 1 aromatic carbocycles. The number of aryl methyl sites for hydroxylation is 1. The highest BCUT2D eigenvalue weighted by Gasteiger charge is 2.08. The molecule has 4 nitrogen and oxygen atoms in total. The van der Waals surface area contributed by atoms with Crippen molar-refractivity contribution < 1.29 is 0 Å². The van der Waals surface area contributed by atoms with Crippen LogP contribution in [0.4, 0.5) is 0 Å². The molecular weight excluding hydrogens is 272 g/mol. The molecule has 0 aliphatic rings. The Bertz CT molecular complexity index is 924. The van der Waals surface area contributed by atoms with Gasteiger partial charge in [0, 0.05) is 29.7 Å². The highest BCUT2D eigenvalue weighted by atomic mass is 15.0. The van der Waals surface area contributed by atoms with Crippen molar-refractivity contribution in [3.8, 4) is 22.6 Å². The van der Waals surface area contributed by atoms with E-state index in [4.69, 9.17) is 0 Å². The smallest absolute Gasteiger partial charge is 0.144 e. The fourth-order valence-electron chi connectivity index (χ4n) is 2.48. The normalized spacial score (nSPS) is 11.0. The Morgan fingerprint density at radius 2 is 1.68 bits per heavy atom. The summed E-state index contributed by atoms with van der Waals surface area (Å²) in [6, 6.07) is 12.3. The number of benzene rings is 1. The fourth-order valence-corrected chi connectivity index (χ4v) is 2.48. The Hall–Kier alpha value is -3.01. The minimum atomic E-state index is 0.881. The molecular formula is C18H14N4. The SMILES string of the molecule is Cc1ccc(-c2ncc3cnc(-c4cccnc4)cn23)cc1. The number of rotatable bonds is 2. The minimum Gasteiger partial charge on any atom is -0.296 e. The number of pyridine rings is 1. The van der Waals surface area contributed by atoms with Gasteiger partial charge in [0.25, 0.3) is 0 Å². The van der Waals surface area contributed by atoms with Crippen LogP contribution in [0.2, 0.25) is 0 Å². The third-order valence-electron chi connectivity index (χ3n) is 3.68. The number of nitrogens with zero attached hydrogens (tertiary/aromatic N) is 4. The van der Waals surface area contributed by atoms with Gasteiger partial charge in [0.15, 0.2) is 0 Å². The van der Waals surface area contributed by atoms with Gasteiger partial charge < -0.3 is 0 Å². The van der Waals surface area contributed by atoms with Gasteiger partial charge in [-0.1, -0.05) is 29.8 Å². The van der Waals surface area contributed by atoms with Gasteiger partial charge in [0.2, 0.25) is 0 Å². The Morgan fingerprint density at radius 1 is 0.864 bits per heavy atom. The summed E-state index contributed by atoms with van der Waals surface area (Å²) in [5.74, 6) is 0.919. The molecule has 0 saturated carbocycles. The van der Waals surface area contributed by atoms with E-state index in [1.54, 1.807) is 6.20 Å². The zero-order valence-corrected chi connectivity index (χ0v) is 12.1. The molecule has 0 unspecified atom stereocenters. The molecule has 0 bridgehead atoms. The molecule has 4 aromatic rings. The lowest BCUT2D eigenvalue weighted by Crippen LogP contribution is -1.93. The molecule has 3 aromatic heterocycles. The van der Waals surface area contributed by atoms with Crippen LogP contribution in [0.1, 0.15) is 5.56 Å². The van der Waals surface area contributed by atoms with Gasteiger partial charge in [-0.25, -0.2) is 4.98 Å². The molecule has 4 rings (SSSR count). The number of hydrogen-bond donors (Lipinski definition) is 0. The molecule has 106 valence electrons. The fraction of sp³-hybridized carbons (Fsp3) is 0.0556. The molecule has 0 atom stereocenters. The molecule has 4 heteroatoms. The molecule has 0 spiro atoms. The summed E-state index contributed by atoms with van der Waals surface area (Å²) >= 11 is 0. The quantitative estimate of drug-likeness (QED) is 0.563. The van der Waals surface area contributed by atoms with E-state index in [0.717, 1.165) is 28.2 Å². The topological polar surface area (TPSA) is 43.1 Å². The maximum Gasteiger partial charge on any atom is 0.144 e. The van der Waals surface area contributed by atoms with E-state index in [1.807, 2.05) is 36.9 Å². The summed E-state index contributed by atoms with van der Waals surface area (Å²) in [4.78, 5) is 13.2. The third-order valence-corrected chi connectivity index (χ3v) is 3.68. The third kappa shape index (κ3) is 2.15. The molecule has 3 heterocycles. The Balaban J connectivity index is 1.88. The van der Waals surface area contributed by atoms with E-state index in [2.05, 4.69) is 50.5 Å².